The van der Waals surface area contributed by atoms with Gasteiger partial charge < -0.3 is 10.6 Å². The predicted molar refractivity (Wildman–Crippen MR) is 99.9 cm³/mol. The van der Waals surface area contributed by atoms with Gasteiger partial charge in [-0.25, -0.2) is 4.39 Å². The van der Waals surface area contributed by atoms with Gasteiger partial charge in [-0.2, -0.15) is 0 Å². The lowest BCUT2D eigenvalue weighted by Gasteiger charge is -2.23. The third-order valence-electron chi connectivity index (χ3n) is 4.45. The summed E-state index contributed by atoms with van der Waals surface area (Å²) in [6, 6.07) is 13.9. The van der Waals surface area contributed by atoms with Gasteiger partial charge >= 0.3 is 0 Å². The lowest BCUT2D eigenvalue weighted by Crippen LogP contribution is -2.48. The molecule has 2 aromatic carbocycles. The average molecular weight is 356 g/mol. The van der Waals surface area contributed by atoms with Crippen molar-refractivity contribution in [3.05, 3.63) is 71.0 Å². The zero-order valence-corrected chi connectivity index (χ0v) is 15.4. The summed E-state index contributed by atoms with van der Waals surface area (Å²) in [4.78, 5) is 24.8. The summed E-state index contributed by atoms with van der Waals surface area (Å²) < 4.78 is 12.9. The SMILES string of the molecule is Cc1ccccc1CNC(=O)C(C)(C)C(=O)NCCc1ccc(F)cc1. The molecule has 0 unspecified atom stereocenters. The Hall–Kier alpha value is -2.69. The number of aryl methyl sites for hydroxylation is 1. The van der Waals surface area contributed by atoms with E-state index >= 15 is 0 Å². The third kappa shape index (κ3) is 5.15. The molecule has 0 saturated heterocycles. The highest BCUT2D eigenvalue weighted by atomic mass is 19.1. The van der Waals surface area contributed by atoms with E-state index in [0.717, 1.165) is 16.7 Å². The molecular weight excluding hydrogens is 331 g/mol. The topological polar surface area (TPSA) is 58.2 Å². The third-order valence-corrected chi connectivity index (χ3v) is 4.45. The fraction of sp³-hybridized carbons (Fsp3) is 0.333. The number of nitrogens with one attached hydrogen (secondary N) is 2. The maximum absolute atomic E-state index is 12.9. The molecule has 0 aromatic heterocycles. The van der Waals surface area contributed by atoms with E-state index in [1.807, 2.05) is 31.2 Å². The number of amides is 2. The van der Waals surface area contributed by atoms with Crippen LogP contribution in [0.2, 0.25) is 0 Å². The van der Waals surface area contributed by atoms with E-state index in [4.69, 9.17) is 0 Å². The Morgan fingerprint density at radius 2 is 1.58 bits per heavy atom. The summed E-state index contributed by atoms with van der Waals surface area (Å²) in [6.45, 7) is 5.96. The molecule has 138 valence electrons. The van der Waals surface area contributed by atoms with Crippen LogP contribution in [0.25, 0.3) is 0 Å². The molecule has 0 radical (unpaired) electrons. The van der Waals surface area contributed by atoms with Crippen LogP contribution >= 0.6 is 0 Å². The van der Waals surface area contributed by atoms with Crippen molar-refractivity contribution >= 4 is 11.8 Å². The van der Waals surface area contributed by atoms with E-state index in [-0.39, 0.29) is 17.6 Å². The van der Waals surface area contributed by atoms with Gasteiger partial charge in [0.05, 0.1) is 0 Å². The predicted octanol–water partition coefficient (Wildman–Crippen LogP) is 3.14. The van der Waals surface area contributed by atoms with Crippen LogP contribution in [0.5, 0.6) is 0 Å². The van der Waals surface area contributed by atoms with E-state index in [9.17, 15) is 14.0 Å². The first-order chi connectivity index (χ1) is 12.3. The molecule has 0 saturated carbocycles. The van der Waals surface area contributed by atoms with Gasteiger partial charge in [0.1, 0.15) is 11.2 Å². The number of hydrogen-bond acceptors (Lipinski definition) is 2. The maximum atomic E-state index is 12.9. The quantitative estimate of drug-likeness (QED) is 0.749. The molecular formula is C21H25FN2O2. The first kappa shape index (κ1) is 19.6. The van der Waals surface area contributed by atoms with Gasteiger partial charge in [-0.05, 0) is 56.0 Å². The van der Waals surface area contributed by atoms with Crippen LogP contribution in [0.4, 0.5) is 4.39 Å². The van der Waals surface area contributed by atoms with Crippen LogP contribution in [0, 0.1) is 18.2 Å². The molecule has 2 amide bonds. The minimum absolute atomic E-state index is 0.288. The second kappa shape index (κ2) is 8.61. The smallest absolute Gasteiger partial charge is 0.235 e. The Morgan fingerprint density at radius 1 is 0.962 bits per heavy atom. The minimum Gasteiger partial charge on any atom is -0.355 e. The van der Waals surface area contributed by atoms with Crippen LogP contribution in [0.1, 0.15) is 30.5 Å². The van der Waals surface area contributed by atoms with Crippen molar-refractivity contribution in [1.82, 2.24) is 10.6 Å². The first-order valence-electron chi connectivity index (χ1n) is 8.66. The van der Waals surface area contributed by atoms with Gasteiger partial charge in [0.2, 0.25) is 11.8 Å². The molecule has 0 fully saturated rings. The van der Waals surface area contributed by atoms with E-state index in [1.54, 1.807) is 26.0 Å². The van der Waals surface area contributed by atoms with Gasteiger partial charge in [0, 0.05) is 13.1 Å². The monoisotopic (exact) mass is 356 g/mol. The number of benzene rings is 2. The summed E-state index contributed by atoms with van der Waals surface area (Å²) in [5.74, 6) is -0.939. The van der Waals surface area contributed by atoms with E-state index in [0.29, 0.717) is 19.5 Å². The molecule has 2 N–H and O–H groups in total. The lowest BCUT2D eigenvalue weighted by molar-refractivity contribution is -0.141. The summed E-state index contributed by atoms with van der Waals surface area (Å²) >= 11 is 0. The van der Waals surface area contributed by atoms with Crippen molar-refractivity contribution in [3.63, 3.8) is 0 Å². The van der Waals surface area contributed by atoms with E-state index < -0.39 is 5.41 Å². The number of rotatable bonds is 7. The van der Waals surface area contributed by atoms with Crippen molar-refractivity contribution in [1.29, 1.82) is 0 Å². The van der Waals surface area contributed by atoms with Crippen molar-refractivity contribution in [2.24, 2.45) is 5.41 Å². The van der Waals surface area contributed by atoms with Crippen LogP contribution in [-0.2, 0) is 22.6 Å². The van der Waals surface area contributed by atoms with Crippen LogP contribution < -0.4 is 10.6 Å². The molecule has 0 bridgehead atoms. The zero-order valence-electron chi connectivity index (χ0n) is 15.4. The van der Waals surface area contributed by atoms with E-state index in [1.165, 1.54) is 12.1 Å². The van der Waals surface area contributed by atoms with Gasteiger partial charge in [0.25, 0.3) is 0 Å². The van der Waals surface area contributed by atoms with Gasteiger partial charge in [-0.3, -0.25) is 9.59 Å². The van der Waals surface area contributed by atoms with Gasteiger partial charge in [-0.15, -0.1) is 0 Å². The van der Waals surface area contributed by atoms with Gasteiger partial charge in [-0.1, -0.05) is 36.4 Å². The standard InChI is InChI=1S/C21H25FN2O2/c1-15-6-4-5-7-17(15)14-24-20(26)21(2,3)19(25)23-13-12-16-8-10-18(22)11-9-16/h4-11H,12-14H2,1-3H3,(H,23,25)(H,24,26). The Morgan fingerprint density at radius 3 is 2.23 bits per heavy atom. The van der Waals surface area contributed by atoms with Crippen LogP contribution in [0.15, 0.2) is 48.5 Å². The number of carbonyl (C=O) groups is 2. The molecule has 5 heteroatoms. The van der Waals surface area contributed by atoms with Crippen LogP contribution in [0.3, 0.4) is 0 Å². The minimum atomic E-state index is -1.18. The summed E-state index contributed by atoms with van der Waals surface area (Å²) in [5, 5.41) is 5.62. The average Bonchev–Trinajstić information content (AvgIpc) is 2.62. The van der Waals surface area contributed by atoms with Gasteiger partial charge in [0.15, 0.2) is 0 Å². The highest BCUT2D eigenvalue weighted by molar-refractivity contribution is 6.04. The molecule has 0 atom stereocenters. The molecule has 0 aliphatic carbocycles. The summed E-state index contributed by atoms with van der Waals surface area (Å²) in [7, 11) is 0. The maximum Gasteiger partial charge on any atom is 0.235 e. The first-order valence-corrected chi connectivity index (χ1v) is 8.66. The Labute approximate surface area is 153 Å². The van der Waals surface area contributed by atoms with Crippen molar-refractivity contribution in [2.75, 3.05) is 6.54 Å². The summed E-state index contributed by atoms with van der Waals surface area (Å²) in [6.07, 6.45) is 0.576. The summed E-state index contributed by atoms with van der Waals surface area (Å²) in [5.41, 5.74) is 1.86. The van der Waals surface area contributed by atoms with Crippen molar-refractivity contribution in [2.45, 2.75) is 33.7 Å². The molecule has 0 heterocycles. The fourth-order valence-electron chi connectivity index (χ4n) is 2.50. The Kier molecular flexibility index (Phi) is 6.50. The normalized spacial score (nSPS) is 11.1. The van der Waals surface area contributed by atoms with Crippen molar-refractivity contribution in [3.8, 4) is 0 Å². The lowest BCUT2D eigenvalue weighted by atomic mass is 9.90. The molecule has 26 heavy (non-hydrogen) atoms. The number of carbonyl (C=O) groups excluding carboxylic acids is 2. The molecule has 2 aromatic rings. The number of halogens is 1. The van der Waals surface area contributed by atoms with E-state index in [2.05, 4.69) is 10.6 Å². The molecule has 4 nitrogen and oxygen atoms in total. The molecule has 0 spiro atoms. The van der Waals surface area contributed by atoms with Crippen LogP contribution in [-0.4, -0.2) is 18.4 Å². The fourth-order valence-corrected chi connectivity index (χ4v) is 2.50. The second-order valence-electron chi connectivity index (χ2n) is 6.87. The molecule has 0 aliphatic rings. The molecule has 2 rings (SSSR count). The second-order valence-corrected chi connectivity index (χ2v) is 6.87. The zero-order chi connectivity index (χ0) is 19.2. The highest BCUT2D eigenvalue weighted by Crippen LogP contribution is 2.16. The Bertz CT molecular complexity index is 770. The molecule has 0 aliphatic heterocycles. The number of hydrogen-bond donors (Lipinski definition) is 2. The Balaban J connectivity index is 1.84. The van der Waals surface area contributed by atoms with Crippen molar-refractivity contribution < 1.29 is 14.0 Å². The largest absolute Gasteiger partial charge is 0.355 e. The highest BCUT2D eigenvalue weighted by Gasteiger charge is 2.35.